The van der Waals surface area contributed by atoms with Crippen molar-refractivity contribution in [2.75, 3.05) is 13.7 Å². The van der Waals surface area contributed by atoms with Crippen molar-refractivity contribution in [3.8, 4) is 0 Å². The van der Waals surface area contributed by atoms with Gasteiger partial charge in [0.05, 0.1) is 6.61 Å². The molecule has 1 aromatic rings. The molecule has 1 N–H and O–H groups in total. The quantitative estimate of drug-likeness (QED) is 0.761. The van der Waals surface area contributed by atoms with Crippen LogP contribution in [-0.2, 0) is 17.6 Å². The molecule has 0 aliphatic heterocycles. The molecule has 0 aromatic carbocycles. The third-order valence-electron chi connectivity index (χ3n) is 1.99. The predicted molar refractivity (Wildman–Crippen MR) is 54.4 cm³/mol. The number of nitrogens with one attached hydrogen (secondary N) is 1. The van der Waals surface area contributed by atoms with Crippen LogP contribution in [0.25, 0.3) is 0 Å². The van der Waals surface area contributed by atoms with Gasteiger partial charge in [-0.05, 0) is 6.42 Å². The van der Waals surface area contributed by atoms with Crippen molar-refractivity contribution < 1.29 is 4.74 Å². The summed E-state index contributed by atoms with van der Waals surface area (Å²) >= 11 is 0. The van der Waals surface area contributed by atoms with E-state index >= 15 is 0 Å². The molecule has 4 nitrogen and oxygen atoms in total. The van der Waals surface area contributed by atoms with Crippen LogP contribution in [0, 0.1) is 0 Å². The van der Waals surface area contributed by atoms with Crippen LogP contribution in [0.5, 0.6) is 0 Å². The highest BCUT2D eigenvalue weighted by molar-refractivity contribution is 5.06. The van der Waals surface area contributed by atoms with Crippen LogP contribution in [0.15, 0.2) is 11.0 Å². The van der Waals surface area contributed by atoms with Crippen molar-refractivity contribution in [1.82, 2.24) is 9.97 Å². The molecule has 0 bridgehead atoms. The van der Waals surface area contributed by atoms with Crippen LogP contribution < -0.4 is 5.56 Å². The Bertz CT molecular complexity index is 333. The van der Waals surface area contributed by atoms with Crippen molar-refractivity contribution >= 4 is 0 Å². The standard InChI is InChI=1S/C10H16N2O2/c1-3-4-9-11-7-8(5-6-14-2)10(13)12-9/h7H,3-6H2,1-2H3,(H,11,12,13). The molecule has 1 rings (SSSR count). The lowest BCUT2D eigenvalue weighted by molar-refractivity contribution is 0.202. The van der Waals surface area contributed by atoms with Gasteiger partial charge < -0.3 is 9.72 Å². The number of aryl methyl sites for hydroxylation is 1. The minimum absolute atomic E-state index is 0.0412. The van der Waals surface area contributed by atoms with Crippen molar-refractivity contribution in [2.45, 2.75) is 26.2 Å². The Morgan fingerprint density at radius 1 is 1.50 bits per heavy atom. The Labute approximate surface area is 83.3 Å². The van der Waals surface area contributed by atoms with E-state index in [1.165, 1.54) is 0 Å². The molecule has 0 saturated carbocycles. The topological polar surface area (TPSA) is 55.0 Å². The lowest BCUT2D eigenvalue weighted by atomic mass is 10.2. The van der Waals surface area contributed by atoms with Crippen molar-refractivity contribution in [3.05, 3.63) is 27.9 Å². The lowest BCUT2D eigenvalue weighted by Crippen LogP contribution is -2.17. The number of methoxy groups -OCH3 is 1. The molecule has 1 heterocycles. The molecule has 0 unspecified atom stereocenters. The van der Waals surface area contributed by atoms with Gasteiger partial charge in [-0.1, -0.05) is 6.92 Å². The molecular weight excluding hydrogens is 180 g/mol. The molecule has 0 aliphatic carbocycles. The van der Waals surface area contributed by atoms with Crippen LogP contribution in [0.3, 0.4) is 0 Å². The van der Waals surface area contributed by atoms with Gasteiger partial charge in [-0.25, -0.2) is 4.98 Å². The number of H-pyrrole nitrogens is 1. The zero-order chi connectivity index (χ0) is 10.4. The normalized spacial score (nSPS) is 10.4. The van der Waals surface area contributed by atoms with E-state index in [-0.39, 0.29) is 5.56 Å². The van der Waals surface area contributed by atoms with Gasteiger partial charge in [-0.3, -0.25) is 4.79 Å². The summed E-state index contributed by atoms with van der Waals surface area (Å²) < 4.78 is 4.90. The minimum atomic E-state index is -0.0412. The highest BCUT2D eigenvalue weighted by atomic mass is 16.5. The number of rotatable bonds is 5. The zero-order valence-corrected chi connectivity index (χ0v) is 8.67. The van der Waals surface area contributed by atoms with Gasteiger partial charge in [-0.2, -0.15) is 0 Å². The van der Waals surface area contributed by atoms with E-state index in [9.17, 15) is 4.79 Å². The largest absolute Gasteiger partial charge is 0.384 e. The van der Waals surface area contributed by atoms with Crippen LogP contribution >= 0.6 is 0 Å². The molecule has 4 heteroatoms. The van der Waals surface area contributed by atoms with E-state index in [1.54, 1.807) is 13.3 Å². The van der Waals surface area contributed by atoms with Gasteiger partial charge in [-0.15, -0.1) is 0 Å². The number of nitrogens with zero attached hydrogens (tertiary/aromatic N) is 1. The maximum absolute atomic E-state index is 11.5. The Morgan fingerprint density at radius 3 is 2.86 bits per heavy atom. The van der Waals surface area contributed by atoms with E-state index in [0.29, 0.717) is 18.6 Å². The molecule has 0 aliphatic rings. The summed E-state index contributed by atoms with van der Waals surface area (Å²) in [5.41, 5.74) is 0.646. The highest BCUT2D eigenvalue weighted by Crippen LogP contribution is 1.94. The molecule has 0 saturated heterocycles. The summed E-state index contributed by atoms with van der Waals surface area (Å²) in [5.74, 6) is 0.763. The molecule has 1 aromatic heterocycles. The predicted octanol–water partition coefficient (Wildman–Crippen LogP) is 0.911. The van der Waals surface area contributed by atoms with Gasteiger partial charge in [0.1, 0.15) is 5.82 Å². The summed E-state index contributed by atoms with van der Waals surface area (Å²) in [5, 5.41) is 0. The number of hydrogen-bond acceptors (Lipinski definition) is 3. The average Bonchev–Trinajstić information content (AvgIpc) is 2.17. The zero-order valence-electron chi connectivity index (χ0n) is 8.67. The molecule has 0 fully saturated rings. The molecule has 0 atom stereocenters. The Kier molecular flexibility index (Phi) is 4.32. The van der Waals surface area contributed by atoms with Gasteiger partial charge >= 0.3 is 0 Å². The Morgan fingerprint density at radius 2 is 2.29 bits per heavy atom. The summed E-state index contributed by atoms with van der Waals surface area (Å²) in [6.45, 7) is 2.61. The molecule has 78 valence electrons. The Hall–Kier alpha value is -1.16. The van der Waals surface area contributed by atoms with Crippen LogP contribution in [-0.4, -0.2) is 23.7 Å². The molecule has 14 heavy (non-hydrogen) atoms. The van der Waals surface area contributed by atoms with Crippen molar-refractivity contribution in [1.29, 1.82) is 0 Å². The first kappa shape index (κ1) is 10.9. The van der Waals surface area contributed by atoms with Crippen molar-refractivity contribution in [3.63, 3.8) is 0 Å². The smallest absolute Gasteiger partial charge is 0.254 e. The maximum atomic E-state index is 11.5. The third kappa shape index (κ3) is 2.96. The fourth-order valence-electron chi connectivity index (χ4n) is 1.21. The second-order valence-corrected chi connectivity index (χ2v) is 3.18. The molecule has 0 amide bonds. The second kappa shape index (κ2) is 5.54. The van der Waals surface area contributed by atoms with Gasteiger partial charge in [0, 0.05) is 31.7 Å². The molecule has 0 radical (unpaired) electrons. The lowest BCUT2D eigenvalue weighted by Gasteiger charge is -2.01. The first-order valence-electron chi connectivity index (χ1n) is 4.84. The van der Waals surface area contributed by atoms with Gasteiger partial charge in [0.15, 0.2) is 0 Å². The van der Waals surface area contributed by atoms with Gasteiger partial charge in [0.25, 0.3) is 5.56 Å². The summed E-state index contributed by atoms with van der Waals surface area (Å²) in [6, 6.07) is 0. The average molecular weight is 196 g/mol. The van der Waals surface area contributed by atoms with E-state index in [0.717, 1.165) is 18.7 Å². The van der Waals surface area contributed by atoms with Crippen LogP contribution in [0.2, 0.25) is 0 Å². The fourth-order valence-corrected chi connectivity index (χ4v) is 1.21. The van der Waals surface area contributed by atoms with E-state index in [4.69, 9.17) is 4.74 Å². The first-order valence-corrected chi connectivity index (χ1v) is 4.84. The maximum Gasteiger partial charge on any atom is 0.254 e. The SMILES string of the molecule is CCCc1ncc(CCOC)c(=O)[nH]1. The number of ether oxygens (including phenoxy) is 1. The Balaban J connectivity index is 2.74. The summed E-state index contributed by atoms with van der Waals surface area (Å²) in [4.78, 5) is 18.4. The van der Waals surface area contributed by atoms with E-state index in [2.05, 4.69) is 16.9 Å². The first-order chi connectivity index (χ1) is 6.77. The second-order valence-electron chi connectivity index (χ2n) is 3.18. The van der Waals surface area contributed by atoms with Crippen LogP contribution in [0.4, 0.5) is 0 Å². The monoisotopic (exact) mass is 196 g/mol. The minimum Gasteiger partial charge on any atom is -0.384 e. The molecular formula is C10H16N2O2. The van der Waals surface area contributed by atoms with Gasteiger partial charge in [0.2, 0.25) is 0 Å². The third-order valence-corrected chi connectivity index (χ3v) is 1.99. The highest BCUT2D eigenvalue weighted by Gasteiger charge is 2.01. The number of aromatic amines is 1. The summed E-state index contributed by atoms with van der Waals surface area (Å²) in [7, 11) is 1.62. The van der Waals surface area contributed by atoms with E-state index < -0.39 is 0 Å². The van der Waals surface area contributed by atoms with E-state index in [1.807, 2.05) is 0 Å². The number of hydrogen-bond donors (Lipinski definition) is 1. The van der Waals surface area contributed by atoms with Crippen molar-refractivity contribution in [2.24, 2.45) is 0 Å². The van der Waals surface area contributed by atoms with Crippen LogP contribution in [0.1, 0.15) is 24.7 Å². The molecule has 0 spiro atoms. The summed E-state index contributed by atoms with van der Waals surface area (Å²) in [6.07, 6.45) is 4.06. The fraction of sp³-hybridized carbons (Fsp3) is 0.600. The number of aromatic nitrogens is 2.